The molecule has 9 nitrogen and oxygen atoms in total. The Balaban J connectivity index is 1.97. The van der Waals surface area contributed by atoms with Crippen molar-refractivity contribution in [2.75, 3.05) is 33.2 Å². The molecule has 0 aliphatic rings. The van der Waals surface area contributed by atoms with Gasteiger partial charge in [-0.15, -0.1) is 0 Å². The molecule has 196 valence electrons. The van der Waals surface area contributed by atoms with Crippen LogP contribution in [-0.2, 0) is 26.1 Å². The van der Waals surface area contributed by atoms with Gasteiger partial charge in [-0.25, -0.2) is 13.2 Å². The van der Waals surface area contributed by atoms with Crippen molar-refractivity contribution in [3.05, 3.63) is 81.8 Å². The number of carbonyl (C=O) groups is 2. The highest BCUT2D eigenvalue weighted by Gasteiger charge is 2.28. The average Bonchev–Trinajstić information content (AvgIpc) is 2.87. The lowest BCUT2D eigenvalue weighted by Crippen LogP contribution is -2.37. The van der Waals surface area contributed by atoms with Crippen LogP contribution in [0.1, 0.15) is 15.9 Å². The first-order valence-electron chi connectivity index (χ1n) is 10.7. The maximum Gasteiger partial charge on any atom is 0.340 e. The van der Waals surface area contributed by atoms with Gasteiger partial charge in [0.15, 0.2) is 11.5 Å². The molecule has 0 atom stereocenters. The summed E-state index contributed by atoms with van der Waals surface area (Å²) in [4.78, 5) is 25.4. The van der Waals surface area contributed by atoms with E-state index < -0.39 is 28.4 Å². The summed E-state index contributed by atoms with van der Waals surface area (Å²) in [5, 5.41) is 3.36. The smallest absolute Gasteiger partial charge is 0.340 e. The first kappa shape index (κ1) is 28.3. The van der Waals surface area contributed by atoms with E-state index in [2.05, 4.69) is 5.32 Å². The Morgan fingerprint density at radius 3 is 2.14 bits per heavy atom. The van der Waals surface area contributed by atoms with Crippen LogP contribution in [0.4, 0.5) is 5.69 Å². The molecule has 3 aromatic carbocycles. The zero-order valence-corrected chi connectivity index (χ0v) is 22.5. The molecular formula is C25H24Cl2N2O7S. The minimum absolute atomic E-state index is 0.00421. The van der Waals surface area contributed by atoms with Crippen molar-refractivity contribution < 1.29 is 32.2 Å². The highest BCUT2D eigenvalue weighted by Crippen LogP contribution is 2.34. The third kappa shape index (κ3) is 6.92. The molecule has 1 N–H and O–H groups in total. The lowest BCUT2D eigenvalue weighted by atomic mass is 10.1. The number of anilines is 1. The van der Waals surface area contributed by atoms with Gasteiger partial charge in [-0.05, 0) is 42.0 Å². The van der Waals surface area contributed by atoms with E-state index in [-0.39, 0.29) is 34.2 Å². The van der Waals surface area contributed by atoms with Crippen LogP contribution in [0, 0.1) is 0 Å². The van der Waals surface area contributed by atoms with Crippen LogP contribution in [0.2, 0.25) is 10.0 Å². The molecule has 0 aromatic heterocycles. The van der Waals surface area contributed by atoms with Gasteiger partial charge in [0, 0.05) is 28.7 Å². The van der Waals surface area contributed by atoms with Crippen LogP contribution in [0.25, 0.3) is 0 Å². The van der Waals surface area contributed by atoms with E-state index in [1.54, 1.807) is 24.3 Å². The number of rotatable bonds is 10. The number of methoxy groups -OCH3 is 3. The van der Waals surface area contributed by atoms with Gasteiger partial charge >= 0.3 is 5.97 Å². The summed E-state index contributed by atoms with van der Waals surface area (Å²) in [6.45, 7) is -0.721. The normalized spacial score (nSPS) is 11.2. The molecule has 3 aromatic rings. The summed E-state index contributed by atoms with van der Waals surface area (Å²) in [7, 11) is -0.155. The molecule has 1 amide bonds. The Morgan fingerprint density at radius 1 is 0.892 bits per heavy atom. The fourth-order valence-electron chi connectivity index (χ4n) is 3.43. The summed E-state index contributed by atoms with van der Waals surface area (Å²) >= 11 is 12.0. The van der Waals surface area contributed by atoms with Crippen LogP contribution in [0.15, 0.2) is 65.6 Å². The number of hydrogen-bond acceptors (Lipinski definition) is 7. The van der Waals surface area contributed by atoms with E-state index in [9.17, 15) is 18.0 Å². The molecule has 0 spiro atoms. The molecule has 3 rings (SSSR count). The van der Waals surface area contributed by atoms with Gasteiger partial charge in [0.1, 0.15) is 0 Å². The minimum Gasteiger partial charge on any atom is -0.493 e. The second-order valence-corrected chi connectivity index (χ2v) is 10.5. The number of sulfonamides is 1. The predicted octanol–water partition coefficient (Wildman–Crippen LogP) is 4.63. The second-order valence-electron chi connectivity index (χ2n) is 7.65. The number of ether oxygens (including phenoxy) is 3. The predicted molar refractivity (Wildman–Crippen MR) is 140 cm³/mol. The summed E-state index contributed by atoms with van der Waals surface area (Å²) < 4.78 is 43.3. The Hall–Kier alpha value is -3.31. The van der Waals surface area contributed by atoms with Crippen LogP contribution in [0.3, 0.4) is 0 Å². The third-order valence-corrected chi connectivity index (χ3v) is 7.52. The maximum absolute atomic E-state index is 13.5. The standard InChI is InChI=1S/C25H24Cl2N2O7S/c1-34-22-12-20(25(31)36-3)21(13-23(22)35-2)28-24(30)15-29(14-16-5-4-6-18(27)11-16)37(32,33)19-9-7-17(26)8-10-19/h4-13H,14-15H2,1-3H3,(H,28,30). The Morgan fingerprint density at radius 2 is 1.54 bits per heavy atom. The minimum atomic E-state index is -4.14. The van der Waals surface area contributed by atoms with E-state index in [1.807, 2.05) is 0 Å². The fourth-order valence-corrected chi connectivity index (χ4v) is 5.15. The summed E-state index contributed by atoms with van der Waals surface area (Å²) in [5.74, 6) is -0.957. The highest BCUT2D eigenvalue weighted by atomic mass is 35.5. The van der Waals surface area contributed by atoms with Crippen LogP contribution in [-0.4, -0.2) is 52.5 Å². The Labute approximate surface area is 224 Å². The third-order valence-electron chi connectivity index (χ3n) is 5.22. The van der Waals surface area contributed by atoms with Crippen LogP contribution in [0.5, 0.6) is 11.5 Å². The van der Waals surface area contributed by atoms with E-state index in [0.717, 1.165) is 4.31 Å². The van der Waals surface area contributed by atoms with Crippen LogP contribution >= 0.6 is 23.2 Å². The molecule has 0 saturated carbocycles. The Bertz CT molecular complexity index is 1400. The molecule has 12 heteroatoms. The molecule has 0 unspecified atom stereocenters. The first-order valence-corrected chi connectivity index (χ1v) is 12.9. The molecule has 0 bridgehead atoms. The maximum atomic E-state index is 13.5. The molecule has 0 saturated heterocycles. The summed E-state index contributed by atoms with van der Waals surface area (Å²) in [6, 6.07) is 15.0. The number of halogens is 2. The largest absolute Gasteiger partial charge is 0.493 e. The van der Waals surface area contributed by atoms with Gasteiger partial charge in [-0.2, -0.15) is 4.31 Å². The number of carbonyl (C=O) groups excluding carboxylic acids is 2. The van der Waals surface area contributed by atoms with E-state index >= 15 is 0 Å². The van der Waals surface area contributed by atoms with E-state index in [0.29, 0.717) is 15.6 Å². The zero-order chi connectivity index (χ0) is 27.2. The average molecular weight is 567 g/mol. The van der Waals surface area contributed by atoms with Gasteiger partial charge in [0.25, 0.3) is 0 Å². The monoisotopic (exact) mass is 566 g/mol. The van der Waals surface area contributed by atoms with Crippen molar-refractivity contribution in [3.8, 4) is 11.5 Å². The van der Waals surface area contributed by atoms with Gasteiger partial charge in [-0.1, -0.05) is 35.3 Å². The topological polar surface area (TPSA) is 111 Å². The molecule has 37 heavy (non-hydrogen) atoms. The summed E-state index contributed by atoms with van der Waals surface area (Å²) in [5.41, 5.74) is 0.621. The Kier molecular flexibility index (Phi) is 9.39. The van der Waals surface area contributed by atoms with Gasteiger partial charge < -0.3 is 19.5 Å². The van der Waals surface area contributed by atoms with Gasteiger partial charge in [0.2, 0.25) is 15.9 Å². The molecule has 0 heterocycles. The molecule has 0 fully saturated rings. The summed E-state index contributed by atoms with van der Waals surface area (Å²) in [6.07, 6.45) is 0. The number of nitrogens with one attached hydrogen (secondary N) is 1. The number of amides is 1. The van der Waals surface area contributed by atoms with Crippen molar-refractivity contribution >= 4 is 50.8 Å². The SMILES string of the molecule is COC(=O)c1cc(OC)c(OC)cc1NC(=O)CN(Cc1cccc(Cl)c1)S(=O)(=O)c1ccc(Cl)cc1. The van der Waals surface area contributed by atoms with E-state index in [1.165, 1.54) is 57.7 Å². The zero-order valence-electron chi connectivity index (χ0n) is 20.2. The molecule has 0 aliphatic carbocycles. The van der Waals surface area contributed by atoms with Crippen molar-refractivity contribution in [2.45, 2.75) is 11.4 Å². The molecule has 0 radical (unpaired) electrons. The van der Waals surface area contributed by atoms with Gasteiger partial charge in [0.05, 0.1) is 44.0 Å². The lowest BCUT2D eigenvalue weighted by molar-refractivity contribution is -0.116. The van der Waals surface area contributed by atoms with Crippen LogP contribution < -0.4 is 14.8 Å². The number of benzene rings is 3. The van der Waals surface area contributed by atoms with Crippen molar-refractivity contribution in [3.63, 3.8) is 0 Å². The van der Waals surface area contributed by atoms with Crippen molar-refractivity contribution in [2.24, 2.45) is 0 Å². The van der Waals surface area contributed by atoms with E-state index in [4.69, 9.17) is 37.4 Å². The quantitative estimate of drug-likeness (QED) is 0.356. The van der Waals surface area contributed by atoms with Gasteiger partial charge in [-0.3, -0.25) is 4.79 Å². The second kappa shape index (κ2) is 12.3. The number of esters is 1. The van der Waals surface area contributed by atoms with Crippen molar-refractivity contribution in [1.29, 1.82) is 0 Å². The number of hydrogen-bond donors (Lipinski definition) is 1. The lowest BCUT2D eigenvalue weighted by Gasteiger charge is -2.23. The van der Waals surface area contributed by atoms with Crippen molar-refractivity contribution in [1.82, 2.24) is 4.31 Å². The highest BCUT2D eigenvalue weighted by molar-refractivity contribution is 7.89. The number of nitrogens with zero attached hydrogens (tertiary/aromatic N) is 1. The molecular weight excluding hydrogens is 543 g/mol. The fraction of sp³-hybridized carbons (Fsp3) is 0.200. The first-order chi connectivity index (χ1) is 17.6. The molecule has 0 aliphatic heterocycles.